The van der Waals surface area contributed by atoms with Gasteiger partial charge in [0.25, 0.3) is 0 Å². The summed E-state index contributed by atoms with van der Waals surface area (Å²) >= 11 is 0. The largest absolute Gasteiger partial charge is 0.363 e. The zero-order valence-corrected chi connectivity index (χ0v) is 4.94. The second-order valence-electron chi connectivity index (χ2n) is 1.72. The second kappa shape index (κ2) is 1.98. The smallest absolute Gasteiger partial charge is 0.172 e. The minimum absolute atomic E-state index is 0.612. The molecule has 2 heterocycles. The summed E-state index contributed by atoms with van der Waals surface area (Å²) in [5.41, 5.74) is 0.678. The monoisotopic (exact) mass is 135 g/mol. The van der Waals surface area contributed by atoms with Crippen LogP contribution in [0.15, 0.2) is 27.6 Å². The van der Waals surface area contributed by atoms with Gasteiger partial charge in [-0.1, -0.05) is 10.3 Å². The quantitative estimate of drug-likeness (QED) is 0.588. The summed E-state index contributed by atoms with van der Waals surface area (Å²) in [4.78, 5) is 0. The fourth-order valence-corrected chi connectivity index (χ4v) is 0.649. The average molecular weight is 135 g/mol. The van der Waals surface area contributed by atoms with Gasteiger partial charge in [-0.2, -0.15) is 0 Å². The topological polar surface area (TPSA) is 52.1 Å². The van der Waals surface area contributed by atoms with E-state index in [1.165, 1.54) is 6.26 Å². The van der Waals surface area contributed by atoms with Crippen molar-refractivity contribution in [1.29, 1.82) is 0 Å². The first-order valence-corrected chi connectivity index (χ1v) is 2.70. The van der Waals surface area contributed by atoms with Crippen LogP contribution < -0.4 is 0 Å². The Morgan fingerprint density at radius 2 is 2.50 bits per heavy atom. The summed E-state index contributed by atoms with van der Waals surface area (Å²) in [6.07, 6.45) is 5.59. The van der Waals surface area contributed by atoms with Gasteiger partial charge >= 0.3 is 0 Å². The highest BCUT2D eigenvalue weighted by Gasteiger charge is 2.02. The van der Waals surface area contributed by atoms with Crippen LogP contribution in [-0.2, 0) is 0 Å². The van der Waals surface area contributed by atoms with Crippen LogP contribution >= 0.6 is 0 Å². The fraction of sp³-hybridized carbons (Fsp3) is 0. The predicted octanol–water partition coefficient (Wildman–Crippen LogP) is 1.13. The third-order valence-electron chi connectivity index (χ3n) is 1.09. The molecule has 4 nitrogen and oxygen atoms in total. The van der Waals surface area contributed by atoms with E-state index in [4.69, 9.17) is 4.52 Å². The number of aromatic nitrogens is 2. The maximum atomic E-state index is 4.80. The van der Waals surface area contributed by atoms with Crippen LogP contribution in [0.25, 0.3) is 11.3 Å². The van der Waals surface area contributed by atoms with Gasteiger partial charge in [0.15, 0.2) is 5.76 Å². The molecule has 0 fully saturated rings. The van der Waals surface area contributed by atoms with Gasteiger partial charge in [-0.05, 0) is 0 Å². The lowest BCUT2D eigenvalue weighted by molar-refractivity contribution is 0.416. The molecule has 0 aliphatic heterocycles. The summed E-state index contributed by atoms with van der Waals surface area (Å²) in [6, 6.07) is 1.71. The minimum atomic E-state index is 0.612. The van der Waals surface area contributed by atoms with E-state index in [0.29, 0.717) is 11.3 Å². The van der Waals surface area contributed by atoms with Crippen molar-refractivity contribution in [2.45, 2.75) is 0 Å². The Morgan fingerprint density at radius 1 is 1.50 bits per heavy atom. The lowest BCUT2D eigenvalue weighted by Crippen LogP contribution is -1.64. The molecule has 0 N–H and O–H groups in total. The first kappa shape index (κ1) is 5.22. The summed E-state index contributed by atoms with van der Waals surface area (Å²) in [6.45, 7) is 0. The molecule has 0 unspecified atom stereocenters. The number of rotatable bonds is 1. The van der Waals surface area contributed by atoms with E-state index >= 15 is 0 Å². The van der Waals surface area contributed by atoms with Crippen LogP contribution in [0.3, 0.4) is 0 Å². The molecule has 0 bridgehead atoms. The van der Waals surface area contributed by atoms with Crippen LogP contribution in [-0.4, -0.2) is 10.3 Å². The van der Waals surface area contributed by atoms with Gasteiger partial charge in [0, 0.05) is 6.07 Å². The molecule has 0 saturated carbocycles. The summed E-state index contributed by atoms with van der Waals surface area (Å²) < 4.78 is 9.34. The summed E-state index contributed by atoms with van der Waals surface area (Å²) in [7, 11) is 0. The molecule has 0 amide bonds. The summed E-state index contributed by atoms with van der Waals surface area (Å²) in [5, 5.41) is 6.90. The van der Waals surface area contributed by atoms with Crippen molar-refractivity contribution in [2.75, 3.05) is 0 Å². The third-order valence-corrected chi connectivity index (χ3v) is 1.09. The molecular weight excluding hydrogens is 132 g/mol. The molecule has 0 aliphatic carbocycles. The molecule has 4 heteroatoms. The van der Waals surface area contributed by atoms with Crippen LogP contribution in [0, 0.1) is 6.20 Å². The molecule has 0 spiro atoms. The van der Waals surface area contributed by atoms with Crippen molar-refractivity contribution < 1.29 is 9.05 Å². The highest BCUT2D eigenvalue weighted by atomic mass is 16.5. The van der Waals surface area contributed by atoms with Gasteiger partial charge in [-0.15, -0.1) is 0 Å². The zero-order valence-electron chi connectivity index (χ0n) is 4.94. The van der Waals surface area contributed by atoms with Crippen molar-refractivity contribution in [3.05, 3.63) is 24.7 Å². The van der Waals surface area contributed by atoms with Crippen LogP contribution in [0.2, 0.25) is 0 Å². The summed E-state index contributed by atoms with van der Waals surface area (Å²) in [5.74, 6) is 0.612. The van der Waals surface area contributed by atoms with Crippen LogP contribution in [0.5, 0.6) is 0 Å². The molecule has 49 valence electrons. The Hall–Kier alpha value is -1.58. The van der Waals surface area contributed by atoms with Gasteiger partial charge in [0.05, 0.1) is 11.8 Å². The van der Waals surface area contributed by atoms with Crippen molar-refractivity contribution >= 4 is 0 Å². The molecule has 10 heavy (non-hydrogen) atoms. The van der Waals surface area contributed by atoms with Gasteiger partial charge in [0.1, 0.15) is 12.5 Å². The highest BCUT2D eigenvalue weighted by molar-refractivity contribution is 5.51. The maximum Gasteiger partial charge on any atom is 0.172 e. The molecule has 2 aromatic rings. The van der Waals surface area contributed by atoms with Gasteiger partial charge < -0.3 is 9.05 Å². The van der Waals surface area contributed by atoms with E-state index in [2.05, 4.69) is 21.0 Å². The van der Waals surface area contributed by atoms with Gasteiger partial charge in [0.2, 0.25) is 0 Å². The molecule has 1 radical (unpaired) electrons. The lowest BCUT2D eigenvalue weighted by Gasteiger charge is -1.79. The van der Waals surface area contributed by atoms with E-state index < -0.39 is 0 Å². The SMILES string of the molecule is [c]1nocc1-c1ccno1. The first-order chi connectivity index (χ1) is 4.97. The van der Waals surface area contributed by atoms with Crippen molar-refractivity contribution in [1.82, 2.24) is 10.3 Å². The van der Waals surface area contributed by atoms with Crippen LogP contribution in [0.4, 0.5) is 0 Å². The Bertz CT molecular complexity index is 253. The maximum absolute atomic E-state index is 4.80. The normalized spacial score (nSPS) is 10.0. The van der Waals surface area contributed by atoms with E-state index in [0.717, 1.165) is 0 Å². The Balaban J connectivity index is 2.48. The van der Waals surface area contributed by atoms with Crippen molar-refractivity contribution in [3.63, 3.8) is 0 Å². The van der Waals surface area contributed by atoms with Crippen LogP contribution in [0.1, 0.15) is 0 Å². The number of nitrogens with zero attached hydrogens (tertiary/aromatic N) is 2. The third kappa shape index (κ3) is 0.699. The van der Waals surface area contributed by atoms with E-state index in [-0.39, 0.29) is 0 Å². The Labute approximate surface area is 56.4 Å². The minimum Gasteiger partial charge on any atom is -0.363 e. The van der Waals surface area contributed by atoms with E-state index in [9.17, 15) is 0 Å². The van der Waals surface area contributed by atoms with Crippen molar-refractivity contribution in [3.8, 4) is 11.3 Å². The fourth-order valence-electron chi connectivity index (χ4n) is 0.649. The molecule has 0 atom stereocenters. The van der Waals surface area contributed by atoms with Crippen molar-refractivity contribution in [2.24, 2.45) is 0 Å². The Kier molecular flexibility index (Phi) is 1.04. The van der Waals surface area contributed by atoms with E-state index in [1.54, 1.807) is 12.3 Å². The molecule has 0 aliphatic rings. The second-order valence-corrected chi connectivity index (χ2v) is 1.72. The molecule has 2 aromatic heterocycles. The average Bonchev–Trinajstić information content (AvgIpc) is 2.59. The first-order valence-electron chi connectivity index (χ1n) is 2.70. The van der Waals surface area contributed by atoms with Gasteiger partial charge in [-0.3, -0.25) is 0 Å². The number of hydrogen-bond donors (Lipinski definition) is 0. The number of hydrogen-bond acceptors (Lipinski definition) is 4. The molecule has 2 rings (SSSR count). The molecule has 0 aromatic carbocycles. The van der Waals surface area contributed by atoms with Gasteiger partial charge in [-0.25, -0.2) is 0 Å². The molecule has 0 saturated heterocycles. The zero-order chi connectivity index (χ0) is 6.81. The predicted molar refractivity (Wildman–Crippen MR) is 30.8 cm³/mol. The Morgan fingerprint density at radius 3 is 3.10 bits per heavy atom. The standard InChI is InChI=1S/C6H3N2O2/c1-2-7-10-6(1)5-3-8-9-4-5/h1-2,4H. The lowest BCUT2D eigenvalue weighted by atomic mass is 10.3. The van der Waals surface area contributed by atoms with E-state index in [1.807, 2.05) is 0 Å². The molecular formula is C6H3N2O2. The highest BCUT2D eigenvalue weighted by Crippen LogP contribution is 2.15.